The second-order valence-corrected chi connectivity index (χ2v) is 8.29. The van der Waals surface area contributed by atoms with E-state index in [9.17, 15) is 8.42 Å². The number of nitrogens with zero attached hydrogens (tertiary/aromatic N) is 1. The summed E-state index contributed by atoms with van der Waals surface area (Å²) < 4.78 is 25.7. The van der Waals surface area contributed by atoms with Crippen molar-refractivity contribution in [2.24, 2.45) is 11.8 Å². The summed E-state index contributed by atoms with van der Waals surface area (Å²) in [6, 6.07) is 5.48. The average Bonchev–Trinajstić information content (AvgIpc) is 2.72. The van der Waals surface area contributed by atoms with Gasteiger partial charge in [-0.1, -0.05) is 19.9 Å². The number of nitrogens with two attached hydrogens (primary N) is 1. The van der Waals surface area contributed by atoms with Gasteiger partial charge in [-0.3, -0.25) is 0 Å². The van der Waals surface area contributed by atoms with Crippen molar-refractivity contribution < 1.29 is 8.42 Å². The van der Waals surface area contributed by atoms with Crippen LogP contribution in [-0.2, 0) is 10.0 Å². The number of nitrogens with one attached hydrogen (secondary N) is 1. The van der Waals surface area contributed by atoms with Crippen LogP contribution in [0.25, 0.3) is 0 Å². The van der Waals surface area contributed by atoms with E-state index >= 15 is 0 Å². The molecular weight excluding hydrogens is 286 g/mol. The fourth-order valence-corrected chi connectivity index (χ4v) is 3.89. The molecule has 0 amide bonds. The first-order valence-corrected chi connectivity index (χ1v) is 8.76. The topological polar surface area (TPSA) is 75.4 Å². The van der Waals surface area contributed by atoms with Gasteiger partial charge in [0.05, 0.1) is 11.4 Å². The third kappa shape index (κ3) is 3.01. The van der Waals surface area contributed by atoms with E-state index in [1.807, 2.05) is 6.07 Å². The van der Waals surface area contributed by atoms with E-state index in [-0.39, 0.29) is 4.90 Å². The molecule has 118 valence electrons. The lowest BCUT2D eigenvalue weighted by Gasteiger charge is -2.23. The van der Waals surface area contributed by atoms with Crippen LogP contribution in [0, 0.1) is 11.8 Å². The van der Waals surface area contributed by atoms with Crippen molar-refractivity contribution in [1.29, 1.82) is 0 Å². The van der Waals surface area contributed by atoms with Crippen LogP contribution in [0.1, 0.15) is 26.7 Å². The Kier molecular flexibility index (Phi) is 4.49. The SMILES string of the molecule is CC1CCC(Nc2cccc(S(=O)(=O)N(C)C)c2N)C1C. The van der Waals surface area contributed by atoms with Crippen LogP contribution in [0.3, 0.4) is 0 Å². The third-order valence-corrected chi connectivity index (χ3v) is 6.50. The molecule has 2 rings (SSSR count). The van der Waals surface area contributed by atoms with Crippen LogP contribution in [0.5, 0.6) is 0 Å². The van der Waals surface area contributed by atoms with Gasteiger partial charge < -0.3 is 11.1 Å². The molecule has 0 aromatic heterocycles. The number of hydrogen-bond donors (Lipinski definition) is 2. The van der Waals surface area contributed by atoms with Gasteiger partial charge in [-0.05, 0) is 36.8 Å². The number of nitrogen functional groups attached to an aromatic ring is 1. The van der Waals surface area contributed by atoms with Crippen molar-refractivity contribution in [3.05, 3.63) is 18.2 Å². The maximum atomic E-state index is 12.3. The summed E-state index contributed by atoms with van der Waals surface area (Å²) in [5, 5.41) is 3.43. The van der Waals surface area contributed by atoms with Gasteiger partial charge in [-0.25, -0.2) is 12.7 Å². The van der Waals surface area contributed by atoms with Crippen molar-refractivity contribution in [2.75, 3.05) is 25.1 Å². The Morgan fingerprint density at radius 3 is 2.43 bits per heavy atom. The fourth-order valence-electron chi connectivity index (χ4n) is 2.86. The summed E-state index contributed by atoms with van der Waals surface area (Å²) in [5.74, 6) is 1.23. The molecule has 1 aliphatic carbocycles. The Morgan fingerprint density at radius 1 is 1.24 bits per heavy atom. The molecule has 3 atom stereocenters. The lowest BCUT2D eigenvalue weighted by atomic mass is 9.97. The molecule has 0 aliphatic heterocycles. The third-order valence-electron chi connectivity index (χ3n) is 4.63. The zero-order chi connectivity index (χ0) is 15.8. The number of para-hydroxylation sites is 1. The first-order valence-electron chi connectivity index (χ1n) is 7.32. The Morgan fingerprint density at radius 2 is 1.90 bits per heavy atom. The number of sulfonamides is 1. The van der Waals surface area contributed by atoms with Crippen molar-refractivity contribution in [3.63, 3.8) is 0 Å². The molecule has 1 aromatic rings. The van der Waals surface area contributed by atoms with E-state index in [0.717, 1.165) is 6.42 Å². The van der Waals surface area contributed by atoms with Crippen LogP contribution in [-0.4, -0.2) is 32.9 Å². The molecule has 0 bridgehead atoms. The second kappa shape index (κ2) is 5.85. The highest BCUT2D eigenvalue weighted by molar-refractivity contribution is 7.89. The zero-order valence-electron chi connectivity index (χ0n) is 13.1. The van der Waals surface area contributed by atoms with Gasteiger partial charge in [0, 0.05) is 20.1 Å². The van der Waals surface area contributed by atoms with E-state index in [1.54, 1.807) is 12.1 Å². The van der Waals surface area contributed by atoms with Gasteiger partial charge in [-0.15, -0.1) is 0 Å². The van der Waals surface area contributed by atoms with Gasteiger partial charge >= 0.3 is 0 Å². The first-order chi connectivity index (χ1) is 9.75. The Hall–Kier alpha value is -1.27. The zero-order valence-corrected chi connectivity index (χ0v) is 13.9. The molecular formula is C15H25N3O2S. The summed E-state index contributed by atoms with van der Waals surface area (Å²) in [6.45, 7) is 4.48. The molecule has 1 aromatic carbocycles. The van der Waals surface area contributed by atoms with Crippen LogP contribution in [0.2, 0.25) is 0 Å². The van der Waals surface area contributed by atoms with E-state index in [2.05, 4.69) is 19.2 Å². The van der Waals surface area contributed by atoms with Gasteiger partial charge in [0.15, 0.2) is 0 Å². The summed E-state index contributed by atoms with van der Waals surface area (Å²) in [5.41, 5.74) is 7.11. The van der Waals surface area contributed by atoms with Gasteiger partial charge in [0.1, 0.15) is 4.90 Å². The number of anilines is 2. The van der Waals surface area contributed by atoms with E-state index in [1.165, 1.54) is 24.8 Å². The Labute approximate surface area is 127 Å². The van der Waals surface area contributed by atoms with Crippen LogP contribution < -0.4 is 11.1 Å². The Bertz CT molecular complexity index is 613. The predicted octanol–water partition coefficient (Wildman–Crippen LogP) is 2.37. The maximum absolute atomic E-state index is 12.3. The van der Waals surface area contributed by atoms with E-state index < -0.39 is 10.0 Å². The molecule has 0 heterocycles. The predicted molar refractivity (Wildman–Crippen MR) is 86.7 cm³/mol. The van der Waals surface area contributed by atoms with Crippen LogP contribution in [0.15, 0.2) is 23.1 Å². The highest BCUT2D eigenvalue weighted by atomic mass is 32.2. The summed E-state index contributed by atoms with van der Waals surface area (Å²) >= 11 is 0. The molecule has 1 aliphatic rings. The minimum absolute atomic E-state index is 0.163. The quantitative estimate of drug-likeness (QED) is 0.837. The monoisotopic (exact) mass is 311 g/mol. The lowest BCUT2D eigenvalue weighted by Crippen LogP contribution is -2.26. The van der Waals surface area contributed by atoms with Crippen molar-refractivity contribution in [1.82, 2.24) is 4.31 Å². The van der Waals surface area contributed by atoms with Gasteiger partial charge in [0.25, 0.3) is 0 Å². The molecule has 0 saturated heterocycles. The molecule has 5 nitrogen and oxygen atoms in total. The maximum Gasteiger partial charge on any atom is 0.244 e. The normalized spacial score (nSPS) is 26.2. The highest BCUT2D eigenvalue weighted by Crippen LogP contribution is 2.36. The standard InChI is InChI=1S/C15H25N3O2S/c1-10-8-9-12(11(10)2)17-13-6-5-7-14(15(13)16)21(19,20)18(3)4/h5-7,10-12,17H,8-9,16H2,1-4H3. The molecule has 6 heteroatoms. The minimum atomic E-state index is -3.52. The van der Waals surface area contributed by atoms with E-state index in [4.69, 9.17) is 5.73 Å². The van der Waals surface area contributed by atoms with Crippen molar-refractivity contribution in [3.8, 4) is 0 Å². The molecule has 21 heavy (non-hydrogen) atoms. The van der Waals surface area contributed by atoms with E-state index in [0.29, 0.717) is 29.3 Å². The smallest absolute Gasteiger partial charge is 0.244 e. The molecule has 0 radical (unpaired) electrons. The molecule has 1 saturated carbocycles. The number of rotatable bonds is 4. The minimum Gasteiger partial charge on any atom is -0.396 e. The molecule has 3 unspecified atom stereocenters. The highest BCUT2D eigenvalue weighted by Gasteiger charge is 2.30. The van der Waals surface area contributed by atoms with Gasteiger partial charge in [-0.2, -0.15) is 0 Å². The summed E-state index contributed by atoms with van der Waals surface area (Å²) in [7, 11) is -0.501. The summed E-state index contributed by atoms with van der Waals surface area (Å²) in [4.78, 5) is 0.163. The van der Waals surface area contributed by atoms with Crippen molar-refractivity contribution in [2.45, 2.75) is 37.6 Å². The van der Waals surface area contributed by atoms with Crippen molar-refractivity contribution >= 4 is 21.4 Å². The fraction of sp³-hybridized carbons (Fsp3) is 0.600. The largest absolute Gasteiger partial charge is 0.396 e. The van der Waals surface area contributed by atoms with Gasteiger partial charge in [0.2, 0.25) is 10.0 Å². The second-order valence-electron chi connectivity index (χ2n) is 6.17. The molecule has 1 fully saturated rings. The molecule has 0 spiro atoms. The first kappa shape index (κ1) is 16.1. The van der Waals surface area contributed by atoms with Crippen LogP contribution in [0.4, 0.5) is 11.4 Å². The number of benzene rings is 1. The molecule has 3 N–H and O–H groups in total. The summed E-state index contributed by atoms with van der Waals surface area (Å²) in [6.07, 6.45) is 2.28. The lowest BCUT2D eigenvalue weighted by molar-refractivity contribution is 0.435. The Balaban J connectivity index is 2.31. The van der Waals surface area contributed by atoms with Crippen LogP contribution >= 0.6 is 0 Å². The average molecular weight is 311 g/mol. The number of hydrogen-bond acceptors (Lipinski definition) is 4.